The van der Waals surface area contributed by atoms with Crippen molar-refractivity contribution < 1.29 is 14.2 Å². The van der Waals surface area contributed by atoms with Crippen LogP contribution >= 0.6 is 0 Å². The molecule has 20 heavy (non-hydrogen) atoms. The van der Waals surface area contributed by atoms with Gasteiger partial charge in [-0.05, 0) is 13.8 Å². The largest absolute Gasteiger partial charge is 0.493 e. The highest BCUT2D eigenvalue weighted by Crippen LogP contribution is 2.41. The fourth-order valence-electron chi connectivity index (χ4n) is 2.61. The highest BCUT2D eigenvalue weighted by atomic mass is 16.5. The highest BCUT2D eigenvalue weighted by Gasteiger charge is 2.25. The molecule has 0 saturated carbocycles. The van der Waals surface area contributed by atoms with Gasteiger partial charge in [-0.25, -0.2) is 0 Å². The van der Waals surface area contributed by atoms with Crippen LogP contribution in [0.5, 0.6) is 17.2 Å². The van der Waals surface area contributed by atoms with Gasteiger partial charge in [0.05, 0.1) is 21.3 Å². The van der Waals surface area contributed by atoms with E-state index in [2.05, 4.69) is 24.1 Å². The van der Waals surface area contributed by atoms with Gasteiger partial charge in [-0.2, -0.15) is 0 Å². The molecule has 2 atom stereocenters. The Labute approximate surface area is 120 Å². The van der Waals surface area contributed by atoms with E-state index in [0.717, 1.165) is 18.8 Å². The van der Waals surface area contributed by atoms with Crippen LogP contribution in [0.3, 0.4) is 0 Å². The molecule has 1 aliphatic rings. The van der Waals surface area contributed by atoms with E-state index in [0.29, 0.717) is 29.3 Å². The summed E-state index contributed by atoms with van der Waals surface area (Å²) in [5, 5.41) is 3.48. The molecular weight excluding hydrogens is 256 g/mol. The zero-order valence-electron chi connectivity index (χ0n) is 12.9. The molecule has 1 aliphatic heterocycles. The van der Waals surface area contributed by atoms with Crippen LogP contribution in [0.1, 0.15) is 13.8 Å². The summed E-state index contributed by atoms with van der Waals surface area (Å²) in [5.74, 6) is 2.02. The van der Waals surface area contributed by atoms with Crippen LogP contribution in [0.2, 0.25) is 0 Å². The van der Waals surface area contributed by atoms with Crippen molar-refractivity contribution >= 4 is 5.69 Å². The van der Waals surface area contributed by atoms with Crippen LogP contribution in [0, 0.1) is 0 Å². The molecule has 2 unspecified atom stereocenters. The van der Waals surface area contributed by atoms with E-state index in [1.165, 1.54) is 0 Å². The van der Waals surface area contributed by atoms with E-state index in [-0.39, 0.29) is 0 Å². The summed E-state index contributed by atoms with van der Waals surface area (Å²) in [7, 11) is 4.91. The number of benzene rings is 1. The molecule has 1 N–H and O–H groups in total. The first kappa shape index (κ1) is 14.8. The monoisotopic (exact) mass is 280 g/mol. The van der Waals surface area contributed by atoms with Gasteiger partial charge in [-0.1, -0.05) is 0 Å². The Kier molecular flexibility index (Phi) is 4.60. The first-order chi connectivity index (χ1) is 9.60. The summed E-state index contributed by atoms with van der Waals surface area (Å²) in [6, 6.07) is 4.91. The minimum atomic E-state index is 0.425. The topological polar surface area (TPSA) is 43.0 Å². The minimum absolute atomic E-state index is 0.425. The molecule has 1 fully saturated rings. The van der Waals surface area contributed by atoms with Crippen molar-refractivity contribution in [1.82, 2.24) is 5.32 Å². The van der Waals surface area contributed by atoms with Crippen LogP contribution in [0.15, 0.2) is 12.1 Å². The third-order valence-corrected chi connectivity index (χ3v) is 3.75. The molecule has 5 heteroatoms. The third kappa shape index (κ3) is 2.77. The normalized spacial score (nSPS) is 22.6. The van der Waals surface area contributed by atoms with Gasteiger partial charge in [-0.15, -0.1) is 0 Å². The molecule has 1 aromatic rings. The van der Waals surface area contributed by atoms with Gasteiger partial charge in [0.25, 0.3) is 0 Å². The second-order valence-corrected chi connectivity index (χ2v) is 5.19. The summed E-state index contributed by atoms with van der Waals surface area (Å²) in [4.78, 5) is 2.37. The van der Waals surface area contributed by atoms with E-state index in [4.69, 9.17) is 14.2 Å². The molecule has 1 saturated heterocycles. The van der Waals surface area contributed by atoms with Crippen LogP contribution in [-0.4, -0.2) is 46.5 Å². The number of nitrogens with one attached hydrogen (secondary N) is 1. The molecule has 0 aromatic heterocycles. The van der Waals surface area contributed by atoms with Gasteiger partial charge in [0.15, 0.2) is 11.5 Å². The number of methoxy groups -OCH3 is 3. The van der Waals surface area contributed by atoms with Gasteiger partial charge in [0.1, 0.15) is 0 Å². The lowest BCUT2D eigenvalue weighted by Gasteiger charge is -2.39. The lowest BCUT2D eigenvalue weighted by Crippen LogP contribution is -2.54. The smallest absolute Gasteiger partial charge is 0.203 e. The lowest BCUT2D eigenvalue weighted by atomic mass is 10.1. The van der Waals surface area contributed by atoms with Gasteiger partial charge >= 0.3 is 0 Å². The number of hydrogen-bond donors (Lipinski definition) is 1. The molecular formula is C15H24N2O3. The maximum atomic E-state index is 5.42. The van der Waals surface area contributed by atoms with E-state index in [1.807, 2.05) is 12.1 Å². The predicted octanol–water partition coefficient (Wildman–Crippen LogP) is 1.90. The van der Waals surface area contributed by atoms with Crippen LogP contribution < -0.4 is 24.4 Å². The summed E-state index contributed by atoms with van der Waals surface area (Å²) in [6.45, 7) is 6.33. The zero-order valence-corrected chi connectivity index (χ0v) is 12.9. The number of anilines is 1. The minimum Gasteiger partial charge on any atom is -0.493 e. The number of hydrogen-bond acceptors (Lipinski definition) is 5. The number of ether oxygens (including phenoxy) is 3. The molecule has 0 spiro atoms. The van der Waals surface area contributed by atoms with E-state index in [1.54, 1.807) is 21.3 Å². The molecule has 112 valence electrons. The summed E-state index contributed by atoms with van der Waals surface area (Å²) in [5.41, 5.74) is 1.10. The van der Waals surface area contributed by atoms with Crippen molar-refractivity contribution in [2.75, 3.05) is 39.3 Å². The van der Waals surface area contributed by atoms with Crippen molar-refractivity contribution in [3.8, 4) is 17.2 Å². The quantitative estimate of drug-likeness (QED) is 0.912. The molecule has 0 bridgehead atoms. The molecule has 1 aromatic carbocycles. The van der Waals surface area contributed by atoms with Crippen molar-refractivity contribution in [2.24, 2.45) is 0 Å². The summed E-state index contributed by atoms with van der Waals surface area (Å²) >= 11 is 0. The molecule has 0 radical (unpaired) electrons. The Bertz CT molecular complexity index is 439. The van der Waals surface area contributed by atoms with E-state index >= 15 is 0 Å². The van der Waals surface area contributed by atoms with Crippen molar-refractivity contribution in [3.05, 3.63) is 12.1 Å². The van der Waals surface area contributed by atoms with Crippen molar-refractivity contribution in [2.45, 2.75) is 25.9 Å². The van der Waals surface area contributed by atoms with Crippen molar-refractivity contribution in [3.63, 3.8) is 0 Å². The Morgan fingerprint density at radius 3 is 2.15 bits per heavy atom. The molecule has 2 rings (SSSR count). The maximum Gasteiger partial charge on any atom is 0.203 e. The first-order valence-electron chi connectivity index (χ1n) is 6.90. The van der Waals surface area contributed by atoms with Gasteiger partial charge in [-0.3, -0.25) is 0 Å². The average Bonchev–Trinajstić information content (AvgIpc) is 2.48. The van der Waals surface area contributed by atoms with Gasteiger partial charge in [0, 0.05) is 43.0 Å². The fourth-order valence-corrected chi connectivity index (χ4v) is 2.61. The SMILES string of the molecule is COc1cc(N2CC(C)NCC2C)cc(OC)c1OC. The van der Waals surface area contributed by atoms with E-state index < -0.39 is 0 Å². The Morgan fingerprint density at radius 2 is 1.65 bits per heavy atom. The Hall–Kier alpha value is -1.62. The maximum absolute atomic E-state index is 5.42. The fraction of sp³-hybridized carbons (Fsp3) is 0.600. The van der Waals surface area contributed by atoms with E-state index in [9.17, 15) is 0 Å². The summed E-state index contributed by atoms with van der Waals surface area (Å²) in [6.07, 6.45) is 0. The molecule has 0 amide bonds. The summed E-state index contributed by atoms with van der Waals surface area (Å²) < 4.78 is 16.2. The van der Waals surface area contributed by atoms with Crippen LogP contribution in [-0.2, 0) is 0 Å². The molecule has 5 nitrogen and oxygen atoms in total. The Morgan fingerprint density at radius 1 is 1.05 bits per heavy atom. The highest BCUT2D eigenvalue weighted by molar-refractivity contribution is 5.64. The second-order valence-electron chi connectivity index (χ2n) is 5.19. The Balaban J connectivity index is 2.40. The predicted molar refractivity (Wildman–Crippen MR) is 80.4 cm³/mol. The lowest BCUT2D eigenvalue weighted by molar-refractivity contribution is 0.324. The molecule has 0 aliphatic carbocycles. The average molecular weight is 280 g/mol. The molecule has 1 heterocycles. The third-order valence-electron chi connectivity index (χ3n) is 3.75. The second kappa shape index (κ2) is 6.22. The number of nitrogens with zero attached hydrogens (tertiary/aromatic N) is 1. The van der Waals surface area contributed by atoms with Gasteiger partial charge < -0.3 is 24.4 Å². The van der Waals surface area contributed by atoms with Crippen LogP contribution in [0.4, 0.5) is 5.69 Å². The number of piperazine rings is 1. The number of rotatable bonds is 4. The first-order valence-corrected chi connectivity index (χ1v) is 6.90. The van der Waals surface area contributed by atoms with Crippen molar-refractivity contribution in [1.29, 1.82) is 0 Å². The standard InChI is InChI=1S/C15H24N2O3/c1-10-9-17(11(2)8-16-10)12-6-13(18-3)15(20-5)14(7-12)19-4/h6-7,10-11,16H,8-9H2,1-5H3. The van der Waals surface area contributed by atoms with Crippen LogP contribution in [0.25, 0.3) is 0 Å². The zero-order chi connectivity index (χ0) is 14.7. The van der Waals surface area contributed by atoms with Gasteiger partial charge in [0.2, 0.25) is 5.75 Å².